The van der Waals surface area contributed by atoms with Crippen LogP contribution in [-0.2, 0) is 18.9 Å². The van der Waals surface area contributed by atoms with Gasteiger partial charge in [0.2, 0.25) is 0 Å². The molecule has 0 bridgehead atoms. The molecule has 4 heteroatoms. The molecule has 72 valence electrons. The Balaban J connectivity index is 1.64. The van der Waals surface area contributed by atoms with E-state index in [0.29, 0.717) is 24.4 Å². The Morgan fingerprint density at radius 2 is 2.00 bits per heavy atom. The maximum Gasteiger partial charge on any atom is 0.150 e. The normalized spacial score (nSPS) is 78.3. The molecule has 0 aromatic heterocycles. The lowest BCUT2D eigenvalue weighted by atomic mass is 9.77. The van der Waals surface area contributed by atoms with Crippen molar-refractivity contribution in [1.82, 2.24) is 0 Å². The van der Waals surface area contributed by atoms with Crippen LogP contribution < -0.4 is 0 Å². The van der Waals surface area contributed by atoms with Crippen molar-refractivity contribution in [2.24, 2.45) is 0 Å². The standard InChI is InChI=1S/C10H8O4/c1-2-4-6(12-4)7-8(13-7)10(2)9(14-10)5-3(1)11-5/h1,3-9H. The van der Waals surface area contributed by atoms with Gasteiger partial charge < -0.3 is 18.9 Å². The molecular formula is C10H8O4. The van der Waals surface area contributed by atoms with Crippen molar-refractivity contribution < 1.29 is 18.9 Å². The summed E-state index contributed by atoms with van der Waals surface area (Å²) in [5.41, 5.74) is 1.21. The van der Waals surface area contributed by atoms with Crippen LogP contribution in [0.15, 0.2) is 11.6 Å². The van der Waals surface area contributed by atoms with Crippen LogP contribution in [0.2, 0.25) is 0 Å². The first-order valence-corrected chi connectivity index (χ1v) is 5.26. The van der Waals surface area contributed by atoms with Gasteiger partial charge in [-0.15, -0.1) is 0 Å². The first-order valence-electron chi connectivity index (χ1n) is 5.26. The molecule has 0 aromatic rings. The Labute approximate surface area is 79.8 Å². The van der Waals surface area contributed by atoms with E-state index in [0.717, 1.165) is 0 Å². The van der Waals surface area contributed by atoms with Gasteiger partial charge in [0.25, 0.3) is 0 Å². The fraction of sp³-hybridized carbons (Fsp3) is 0.800. The van der Waals surface area contributed by atoms with Crippen LogP contribution >= 0.6 is 0 Å². The second kappa shape index (κ2) is 1.41. The van der Waals surface area contributed by atoms with E-state index >= 15 is 0 Å². The molecule has 8 unspecified atom stereocenters. The maximum atomic E-state index is 5.88. The van der Waals surface area contributed by atoms with E-state index in [-0.39, 0.29) is 23.9 Å². The Morgan fingerprint density at radius 1 is 1.00 bits per heavy atom. The quantitative estimate of drug-likeness (QED) is 0.379. The summed E-state index contributed by atoms with van der Waals surface area (Å²) in [5, 5.41) is 0. The second-order valence-corrected chi connectivity index (χ2v) is 5.06. The molecule has 4 aliphatic heterocycles. The van der Waals surface area contributed by atoms with Crippen LogP contribution in [0.25, 0.3) is 0 Å². The Kier molecular flexibility index (Phi) is 0.627. The number of hydrogen-bond donors (Lipinski definition) is 0. The number of epoxide rings is 4. The highest BCUT2D eigenvalue weighted by molar-refractivity contribution is 5.51. The lowest BCUT2D eigenvalue weighted by molar-refractivity contribution is 0.236. The van der Waals surface area contributed by atoms with Crippen LogP contribution in [0.1, 0.15) is 0 Å². The molecule has 2 aliphatic carbocycles. The number of ether oxygens (including phenoxy) is 4. The van der Waals surface area contributed by atoms with Crippen LogP contribution in [0.3, 0.4) is 0 Å². The van der Waals surface area contributed by atoms with E-state index in [1.165, 1.54) is 5.57 Å². The molecule has 8 atom stereocenters. The molecule has 1 saturated carbocycles. The minimum atomic E-state index is -0.111. The zero-order valence-electron chi connectivity index (χ0n) is 7.25. The van der Waals surface area contributed by atoms with Gasteiger partial charge in [-0.05, 0) is 11.6 Å². The highest BCUT2D eigenvalue weighted by Gasteiger charge is 2.86. The molecule has 6 aliphatic rings. The highest BCUT2D eigenvalue weighted by Crippen LogP contribution is 2.69. The van der Waals surface area contributed by atoms with Gasteiger partial charge in [-0.2, -0.15) is 0 Å². The minimum absolute atomic E-state index is 0.111. The van der Waals surface area contributed by atoms with Gasteiger partial charge in [-0.3, -0.25) is 0 Å². The highest BCUT2D eigenvalue weighted by atomic mass is 16.7. The smallest absolute Gasteiger partial charge is 0.150 e. The molecule has 5 fully saturated rings. The predicted molar refractivity (Wildman–Crippen MR) is 41.7 cm³/mol. The van der Waals surface area contributed by atoms with Gasteiger partial charge in [0.15, 0.2) is 0 Å². The Hall–Kier alpha value is -0.420. The molecule has 6 rings (SSSR count). The second-order valence-electron chi connectivity index (χ2n) is 5.06. The van der Waals surface area contributed by atoms with E-state index in [1.54, 1.807) is 0 Å². The Bertz CT molecular complexity index is 418. The van der Waals surface area contributed by atoms with Crippen molar-refractivity contribution in [1.29, 1.82) is 0 Å². The van der Waals surface area contributed by atoms with Crippen LogP contribution in [0, 0.1) is 0 Å². The van der Waals surface area contributed by atoms with Gasteiger partial charge in [0.1, 0.15) is 48.3 Å². The van der Waals surface area contributed by atoms with Crippen molar-refractivity contribution in [3.63, 3.8) is 0 Å². The molecule has 0 amide bonds. The summed E-state index contributed by atoms with van der Waals surface area (Å²) in [4.78, 5) is 0. The van der Waals surface area contributed by atoms with Crippen molar-refractivity contribution in [3.8, 4) is 0 Å². The zero-order chi connectivity index (χ0) is 8.65. The van der Waals surface area contributed by atoms with Gasteiger partial charge in [0.05, 0.1) is 0 Å². The summed E-state index contributed by atoms with van der Waals surface area (Å²) >= 11 is 0. The number of fused-ring (bicyclic) bond motifs is 6. The third kappa shape index (κ3) is 0.435. The Morgan fingerprint density at radius 3 is 3.00 bits per heavy atom. The summed E-state index contributed by atoms with van der Waals surface area (Å²) in [6.07, 6.45) is 4.32. The first kappa shape index (κ1) is 6.23. The lowest BCUT2D eigenvalue weighted by Crippen LogP contribution is -2.39. The van der Waals surface area contributed by atoms with E-state index in [1.807, 2.05) is 0 Å². The number of hydrogen-bond acceptors (Lipinski definition) is 4. The SMILES string of the molecule is C1=C2C3OC3C3OC3C23OC3C2OC12. The summed E-state index contributed by atoms with van der Waals surface area (Å²) in [7, 11) is 0. The van der Waals surface area contributed by atoms with E-state index in [2.05, 4.69) is 6.08 Å². The summed E-state index contributed by atoms with van der Waals surface area (Å²) in [6.45, 7) is 0. The monoisotopic (exact) mass is 192 g/mol. The zero-order valence-corrected chi connectivity index (χ0v) is 7.25. The van der Waals surface area contributed by atoms with Crippen molar-refractivity contribution in [3.05, 3.63) is 11.6 Å². The van der Waals surface area contributed by atoms with E-state index < -0.39 is 0 Å². The first-order chi connectivity index (χ1) is 6.89. The molecule has 1 spiro atoms. The lowest BCUT2D eigenvalue weighted by Gasteiger charge is -2.18. The maximum absolute atomic E-state index is 5.88. The molecule has 0 radical (unpaired) electrons. The molecule has 4 nitrogen and oxygen atoms in total. The minimum Gasteiger partial charge on any atom is -0.363 e. The van der Waals surface area contributed by atoms with Crippen LogP contribution in [0.4, 0.5) is 0 Å². The topological polar surface area (TPSA) is 50.1 Å². The molecule has 0 aromatic carbocycles. The van der Waals surface area contributed by atoms with Crippen LogP contribution in [-0.4, -0.2) is 48.3 Å². The summed E-state index contributed by atoms with van der Waals surface area (Å²) in [5.74, 6) is 0. The van der Waals surface area contributed by atoms with Crippen molar-refractivity contribution in [2.45, 2.75) is 48.3 Å². The average molecular weight is 192 g/mol. The summed E-state index contributed by atoms with van der Waals surface area (Å²) in [6, 6.07) is 0. The van der Waals surface area contributed by atoms with Gasteiger partial charge >= 0.3 is 0 Å². The van der Waals surface area contributed by atoms with E-state index in [9.17, 15) is 0 Å². The van der Waals surface area contributed by atoms with Crippen molar-refractivity contribution in [2.75, 3.05) is 0 Å². The fourth-order valence-corrected chi connectivity index (χ4v) is 3.59. The molecule has 4 saturated heterocycles. The number of rotatable bonds is 0. The predicted octanol–water partition coefficient (Wildman–Crippen LogP) is -0.620. The van der Waals surface area contributed by atoms with Crippen LogP contribution in [0.5, 0.6) is 0 Å². The molecule has 14 heavy (non-hydrogen) atoms. The largest absolute Gasteiger partial charge is 0.363 e. The third-order valence-corrected chi connectivity index (χ3v) is 4.45. The fourth-order valence-electron chi connectivity index (χ4n) is 3.59. The molecular weight excluding hydrogens is 184 g/mol. The van der Waals surface area contributed by atoms with E-state index in [4.69, 9.17) is 18.9 Å². The van der Waals surface area contributed by atoms with Gasteiger partial charge in [0, 0.05) is 0 Å². The third-order valence-electron chi connectivity index (χ3n) is 4.45. The molecule has 4 heterocycles. The van der Waals surface area contributed by atoms with Crippen molar-refractivity contribution >= 4 is 0 Å². The average Bonchev–Trinajstić information content (AvgIpc) is 2.99. The van der Waals surface area contributed by atoms with Gasteiger partial charge in [-0.25, -0.2) is 0 Å². The molecule has 0 N–H and O–H groups in total. The summed E-state index contributed by atoms with van der Waals surface area (Å²) < 4.78 is 22.7. The van der Waals surface area contributed by atoms with Gasteiger partial charge in [-0.1, -0.05) is 0 Å².